The van der Waals surface area contributed by atoms with Crippen molar-refractivity contribution in [2.24, 2.45) is 17.8 Å². The molecular formula is C26H20ClFN4O. The summed E-state index contributed by atoms with van der Waals surface area (Å²) in [7, 11) is 1.69. The average molecular weight is 459 g/mol. The molecule has 1 aliphatic heterocycles. The molecule has 0 aliphatic carbocycles. The topological polar surface area (TPSA) is 73.3 Å². The SMILES string of the molecule is Cc1cc(C2(c3cccc(-c4cncc(Cl)c4)c3)N=C(N)c3c(F)cccc32)cn(C)c1=O. The zero-order valence-electron chi connectivity index (χ0n) is 18.0. The number of aryl methyl sites for hydroxylation is 2. The third-order valence-electron chi connectivity index (χ3n) is 6.05. The number of nitrogens with two attached hydrogens (primary N) is 1. The van der Waals surface area contributed by atoms with Crippen molar-refractivity contribution in [3.8, 4) is 11.1 Å². The highest BCUT2D eigenvalue weighted by molar-refractivity contribution is 6.30. The van der Waals surface area contributed by atoms with E-state index in [2.05, 4.69) is 4.98 Å². The van der Waals surface area contributed by atoms with Crippen molar-refractivity contribution in [3.05, 3.63) is 122 Å². The van der Waals surface area contributed by atoms with Crippen molar-refractivity contribution in [1.29, 1.82) is 0 Å². The number of benzene rings is 2. The Labute approximate surface area is 195 Å². The van der Waals surface area contributed by atoms with E-state index in [0.717, 1.165) is 22.3 Å². The van der Waals surface area contributed by atoms with Crippen LogP contribution in [0.25, 0.3) is 11.1 Å². The Balaban J connectivity index is 1.85. The molecule has 0 amide bonds. The van der Waals surface area contributed by atoms with E-state index in [4.69, 9.17) is 22.3 Å². The van der Waals surface area contributed by atoms with Crippen LogP contribution in [0.2, 0.25) is 5.02 Å². The first-order valence-corrected chi connectivity index (χ1v) is 10.7. The normalized spacial score (nSPS) is 17.0. The lowest BCUT2D eigenvalue weighted by molar-refractivity contribution is 0.613. The molecule has 0 fully saturated rings. The second-order valence-electron chi connectivity index (χ2n) is 8.17. The Morgan fingerprint density at radius 3 is 2.58 bits per heavy atom. The quantitative estimate of drug-likeness (QED) is 0.489. The maximum atomic E-state index is 14.9. The smallest absolute Gasteiger partial charge is 0.253 e. The molecule has 33 heavy (non-hydrogen) atoms. The van der Waals surface area contributed by atoms with E-state index in [1.165, 1.54) is 10.6 Å². The lowest BCUT2D eigenvalue weighted by Gasteiger charge is -2.30. The van der Waals surface area contributed by atoms with Crippen molar-refractivity contribution in [1.82, 2.24) is 9.55 Å². The van der Waals surface area contributed by atoms with E-state index in [1.807, 2.05) is 36.4 Å². The molecule has 1 unspecified atom stereocenters. The van der Waals surface area contributed by atoms with Crippen molar-refractivity contribution in [3.63, 3.8) is 0 Å². The lowest BCUT2D eigenvalue weighted by Crippen LogP contribution is -2.29. The van der Waals surface area contributed by atoms with Gasteiger partial charge in [0.05, 0.1) is 10.6 Å². The van der Waals surface area contributed by atoms with Crippen LogP contribution in [-0.2, 0) is 12.6 Å². The van der Waals surface area contributed by atoms with Gasteiger partial charge in [-0.3, -0.25) is 9.78 Å². The van der Waals surface area contributed by atoms with Crippen LogP contribution < -0.4 is 11.3 Å². The number of halogens is 2. The average Bonchev–Trinajstić information content (AvgIpc) is 3.12. The molecule has 2 aromatic carbocycles. The first-order chi connectivity index (χ1) is 15.8. The molecule has 2 aromatic heterocycles. The monoisotopic (exact) mass is 458 g/mol. The number of aromatic nitrogens is 2. The van der Waals surface area contributed by atoms with E-state index in [0.29, 0.717) is 16.1 Å². The van der Waals surface area contributed by atoms with Crippen LogP contribution in [0.1, 0.15) is 27.8 Å². The van der Waals surface area contributed by atoms with Crippen molar-refractivity contribution < 1.29 is 4.39 Å². The summed E-state index contributed by atoms with van der Waals surface area (Å²) in [6, 6.07) is 16.2. The summed E-state index contributed by atoms with van der Waals surface area (Å²) in [6.07, 6.45) is 5.04. The number of nitrogens with zero attached hydrogens (tertiary/aromatic N) is 3. The molecule has 3 heterocycles. The minimum atomic E-state index is -1.13. The van der Waals surface area contributed by atoms with E-state index in [1.54, 1.807) is 44.7 Å². The fraction of sp³-hybridized carbons (Fsp3) is 0.115. The van der Waals surface area contributed by atoms with Crippen LogP contribution in [0, 0.1) is 12.7 Å². The van der Waals surface area contributed by atoms with Gasteiger partial charge in [-0.25, -0.2) is 9.38 Å². The summed E-state index contributed by atoms with van der Waals surface area (Å²) in [5, 5.41) is 0.525. The van der Waals surface area contributed by atoms with Crippen LogP contribution in [0.4, 0.5) is 4.39 Å². The van der Waals surface area contributed by atoms with Crippen LogP contribution in [-0.4, -0.2) is 15.4 Å². The maximum absolute atomic E-state index is 14.9. The van der Waals surface area contributed by atoms with Gasteiger partial charge in [0.2, 0.25) is 0 Å². The standard InChI is InChI=1S/C26H20ClFN4O/c1-15-9-19(14-32(2)25(15)33)26(21-7-4-8-22(28)23(21)24(29)31-26)18-6-3-5-16(10-18)17-11-20(27)13-30-12-17/h3-14H,1-2H3,(H2,29,31). The molecule has 0 radical (unpaired) electrons. The molecule has 1 aliphatic rings. The van der Waals surface area contributed by atoms with Crippen molar-refractivity contribution in [2.75, 3.05) is 0 Å². The molecule has 0 spiro atoms. The molecular weight excluding hydrogens is 439 g/mol. The van der Waals surface area contributed by atoms with Crippen LogP contribution in [0.15, 0.2) is 83.0 Å². The minimum Gasteiger partial charge on any atom is -0.383 e. The summed E-state index contributed by atoms with van der Waals surface area (Å²) < 4.78 is 16.4. The maximum Gasteiger partial charge on any atom is 0.253 e. The summed E-state index contributed by atoms with van der Waals surface area (Å²) >= 11 is 6.16. The van der Waals surface area contributed by atoms with Crippen molar-refractivity contribution >= 4 is 17.4 Å². The van der Waals surface area contributed by atoms with E-state index in [9.17, 15) is 9.18 Å². The van der Waals surface area contributed by atoms with Gasteiger partial charge in [-0.15, -0.1) is 0 Å². The Morgan fingerprint density at radius 2 is 1.82 bits per heavy atom. The molecule has 5 rings (SSSR count). The zero-order valence-corrected chi connectivity index (χ0v) is 18.8. The Morgan fingerprint density at radius 1 is 1.03 bits per heavy atom. The molecule has 164 valence electrons. The highest BCUT2D eigenvalue weighted by atomic mass is 35.5. The molecule has 0 saturated carbocycles. The fourth-order valence-corrected chi connectivity index (χ4v) is 4.73. The summed E-state index contributed by atoms with van der Waals surface area (Å²) in [4.78, 5) is 21.5. The van der Waals surface area contributed by atoms with Gasteiger partial charge in [-0.05, 0) is 42.3 Å². The molecule has 2 N–H and O–H groups in total. The van der Waals surface area contributed by atoms with Gasteiger partial charge in [0.1, 0.15) is 17.2 Å². The first kappa shape index (κ1) is 21.1. The molecule has 5 nitrogen and oxygen atoms in total. The predicted octanol–water partition coefficient (Wildman–Crippen LogP) is 4.56. The van der Waals surface area contributed by atoms with E-state index < -0.39 is 11.4 Å². The zero-order chi connectivity index (χ0) is 23.3. The van der Waals surface area contributed by atoms with Gasteiger partial charge in [0.25, 0.3) is 5.56 Å². The first-order valence-electron chi connectivity index (χ1n) is 10.3. The van der Waals surface area contributed by atoms with Crippen LogP contribution in [0.3, 0.4) is 0 Å². The molecule has 1 atom stereocenters. The van der Waals surface area contributed by atoms with Gasteiger partial charge in [-0.2, -0.15) is 0 Å². The van der Waals surface area contributed by atoms with Gasteiger partial charge in [0.15, 0.2) is 0 Å². The van der Waals surface area contributed by atoms with Crippen LogP contribution in [0.5, 0.6) is 0 Å². The Kier molecular flexibility index (Phi) is 4.91. The number of rotatable bonds is 3. The van der Waals surface area contributed by atoms with Crippen LogP contribution >= 0.6 is 11.6 Å². The molecule has 0 bridgehead atoms. The fourth-order valence-electron chi connectivity index (χ4n) is 4.56. The van der Waals surface area contributed by atoms with Gasteiger partial charge >= 0.3 is 0 Å². The minimum absolute atomic E-state index is 0.109. The van der Waals surface area contributed by atoms with E-state index in [-0.39, 0.29) is 17.0 Å². The summed E-state index contributed by atoms with van der Waals surface area (Å²) in [5.41, 5.74) is 9.73. The number of amidine groups is 1. The van der Waals surface area contributed by atoms with Gasteiger partial charge in [0, 0.05) is 47.9 Å². The number of hydrogen-bond donors (Lipinski definition) is 1. The van der Waals surface area contributed by atoms with Gasteiger partial charge in [-0.1, -0.05) is 41.9 Å². The number of fused-ring (bicyclic) bond motifs is 1. The lowest BCUT2D eigenvalue weighted by atomic mass is 9.77. The number of pyridine rings is 2. The largest absolute Gasteiger partial charge is 0.383 e. The predicted molar refractivity (Wildman–Crippen MR) is 128 cm³/mol. The molecule has 0 saturated heterocycles. The van der Waals surface area contributed by atoms with E-state index >= 15 is 0 Å². The Hall–Kier alpha value is -3.77. The second kappa shape index (κ2) is 7.67. The Bertz CT molecular complexity index is 1480. The number of aliphatic imine (C=N–C) groups is 1. The summed E-state index contributed by atoms with van der Waals surface area (Å²) in [5.74, 6) is -0.322. The summed E-state index contributed by atoms with van der Waals surface area (Å²) in [6.45, 7) is 1.75. The third kappa shape index (κ3) is 3.26. The van der Waals surface area contributed by atoms with Crippen molar-refractivity contribution in [2.45, 2.75) is 12.5 Å². The second-order valence-corrected chi connectivity index (χ2v) is 8.61. The molecule has 7 heteroatoms. The highest BCUT2D eigenvalue weighted by Gasteiger charge is 2.44. The molecule has 4 aromatic rings. The highest BCUT2D eigenvalue weighted by Crippen LogP contribution is 2.47. The van der Waals surface area contributed by atoms with Gasteiger partial charge < -0.3 is 10.3 Å². The third-order valence-corrected chi connectivity index (χ3v) is 6.25. The number of hydrogen-bond acceptors (Lipinski definition) is 4.